The Labute approximate surface area is 130 Å². The van der Waals surface area contributed by atoms with Crippen molar-refractivity contribution in [3.8, 4) is 0 Å². The molecule has 21 heavy (non-hydrogen) atoms. The minimum absolute atomic E-state index is 0.243. The molecule has 0 spiro atoms. The molecule has 2 N–H and O–H groups in total. The van der Waals surface area contributed by atoms with Crippen molar-refractivity contribution in [2.45, 2.75) is 13.0 Å². The number of hydrogen-bond acceptors (Lipinski definition) is 4. The number of rotatable bonds is 6. The molecule has 0 radical (unpaired) electrons. The van der Waals surface area contributed by atoms with Crippen LogP contribution < -0.4 is 5.73 Å². The molecule has 0 atom stereocenters. The summed E-state index contributed by atoms with van der Waals surface area (Å²) in [4.78, 5) is 6.57. The zero-order chi connectivity index (χ0) is 14.9. The Morgan fingerprint density at radius 1 is 1.29 bits per heavy atom. The number of nitrogens with two attached hydrogens (primary N) is 1. The lowest BCUT2D eigenvalue weighted by atomic mass is 10.2. The third-order valence-electron chi connectivity index (χ3n) is 3.30. The first-order valence-corrected chi connectivity index (χ1v) is 7.59. The molecule has 0 amide bonds. The summed E-state index contributed by atoms with van der Waals surface area (Å²) in [5, 5.41) is 0.718. The number of amidine groups is 1. The fourth-order valence-electron chi connectivity index (χ4n) is 2.09. The van der Waals surface area contributed by atoms with Gasteiger partial charge in [-0.2, -0.15) is 0 Å². The highest BCUT2D eigenvalue weighted by molar-refractivity contribution is 6.30. The van der Waals surface area contributed by atoms with Crippen molar-refractivity contribution in [2.75, 3.05) is 39.5 Å². The summed E-state index contributed by atoms with van der Waals surface area (Å²) in [6.07, 6.45) is 0.942. The van der Waals surface area contributed by atoms with Crippen LogP contribution in [0.1, 0.15) is 12.0 Å². The molecule has 6 heteroatoms. The van der Waals surface area contributed by atoms with E-state index in [-0.39, 0.29) is 6.02 Å². The van der Waals surface area contributed by atoms with Crippen LogP contribution in [-0.2, 0) is 16.0 Å². The van der Waals surface area contributed by atoms with Crippen molar-refractivity contribution >= 4 is 17.6 Å². The number of hydrogen-bond donors (Lipinski definition) is 1. The first kappa shape index (κ1) is 16.1. The zero-order valence-corrected chi connectivity index (χ0v) is 12.9. The average Bonchev–Trinajstić information content (AvgIpc) is 2.52. The third-order valence-corrected chi connectivity index (χ3v) is 3.56. The molecule has 0 bridgehead atoms. The zero-order valence-electron chi connectivity index (χ0n) is 12.1. The van der Waals surface area contributed by atoms with Gasteiger partial charge in [0.15, 0.2) is 0 Å². The van der Waals surface area contributed by atoms with E-state index in [0.29, 0.717) is 13.2 Å². The largest absolute Gasteiger partial charge is 0.465 e. The van der Waals surface area contributed by atoms with Crippen LogP contribution in [0.25, 0.3) is 0 Å². The molecule has 1 aliphatic heterocycles. The Kier molecular flexibility index (Phi) is 6.79. The summed E-state index contributed by atoms with van der Waals surface area (Å²) >= 11 is 5.83. The maximum atomic E-state index is 5.83. The number of nitrogens with zero attached hydrogens (tertiary/aromatic N) is 2. The minimum Gasteiger partial charge on any atom is -0.465 e. The number of ether oxygens (including phenoxy) is 2. The van der Waals surface area contributed by atoms with Crippen molar-refractivity contribution < 1.29 is 9.47 Å². The lowest BCUT2D eigenvalue weighted by molar-refractivity contribution is 0.0355. The Morgan fingerprint density at radius 2 is 2.00 bits per heavy atom. The van der Waals surface area contributed by atoms with Crippen LogP contribution in [0, 0.1) is 0 Å². The molecule has 1 aromatic carbocycles. The maximum Gasteiger partial charge on any atom is 0.282 e. The predicted octanol–water partition coefficient (Wildman–Crippen LogP) is 1.89. The van der Waals surface area contributed by atoms with E-state index in [1.165, 1.54) is 0 Å². The van der Waals surface area contributed by atoms with Crippen LogP contribution in [0.3, 0.4) is 0 Å². The van der Waals surface area contributed by atoms with Crippen LogP contribution in [0.15, 0.2) is 29.3 Å². The lowest BCUT2D eigenvalue weighted by Crippen LogP contribution is -2.37. The molecule has 1 fully saturated rings. The summed E-state index contributed by atoms with van der Waals surface area (Å²) in [7, 11) is 0. The topological polar surface area (TPSA) is 60.1 Å². The standard InChI is InChI=1S/C15H22ClN3O2/c16-14-4-2-13(3-5-14)12-18-15(17)21-9-1-6-19-7-10-20-11-8-19/h2-5H,1,6-12H2,(H2,17,18). The van der Waals surface area contributed by atoms with Gasteiger partial charge in [0, 0.05) is 24.7 Å². The summed E-state index contributed by atoms with van der Waals surface area (Å²) in [5.41, 5.74) is 6.79. The summed E-state index contributed by atoms with van der Waals surface area (Å²) in [5.74, 6) is 0. The van der Waals surface area contributed by atoms with Gasteiger partial charge in [-0.05, 0) is 24.1 Å². The molecule has 2 rings (SSSR count). The van der Waals surface area contributed by atoms with Gasteiger partial charge in [-0.3, -0.25) is 4.90 Å². The van der Waals surface area contributed by atoms with Crippen LogP contribution in [0.4, 0.5) is 0 Å². The van der Waals surface area contributed by atoms with Crippen molar-refractivity contribution in [2.24, 2.45) is 10.7 Å². The van der Waals surface area contributed by atoms with Gasteiger partial charge in [-0.1, -0.05) is 23.7 Å². The van der Waals surface area contributed by atoms with Crippen molar-refractivity contribution in [1.29, 1.82) is 0 Å². The first-order valence-electron chi connectivity index (χ1n) is 7.21. The highest BCUT2D eigenvalue weighted by Crippen LogP contribution is 2.10. The van der Waals surface area contributed by atoms with Crippen LogP contribution in [-0.4, -0.2) is 50.4 Å². The highest BCUT2D eigenvalue weighted by atomic mass is 35.5. The monoisotopic (exact) mass is 311 g/mol. The second kappa shape index (κ2) is 8.87. The second-order valence-corrected chi connectivity index (χ2v) is 5.37. The van der Waals surface area contributed by atoms with Crippen molar-refractivity contribution in [3.63, 3.8) is 0 Å². The van der Waals surface area contributed by atoms with E-state index in [4.69, 9.17) is 26.8 Å². The third kappa shape index (κ3) is 6.33. The molecule has 0 aromatic heterocycles. The molecule has 1 aromatic rings. The highest BCUT2D eigenvalue weighted by Gasteiger charge is 2.09. The smallest absolute Gasteiger partial charge is 0.282 e. The Bertz CT molecular complexity index is 445. The second-order valence-electron chi connectivity index (χ2n) is 4.94. The quantitative estimate of drug-likeness (QED) is 0.495. The van der Waals surface area contributed by atoms with E-state index in [1.54, 1.807) is 0 Å². The van der Waals surface area contributed by atoms with Gasteiger partial charge in [-0.25, -0.2) is 4.99 Å². The van der Waals surface area contributed by atoms with E-state index >= 15 is 0 Å². The Balaban J connectivity index is 1.60. The van der Waals surface area contributed by atoms with Gasteiger partial charge in [0.2, 0.25) is 0 Å². The summed E-state index contributed by atoms with van der Waals surface area (Å²) in [6.45, 7) is 5.75. The molecule has 1 aliphatic rings. The molecule has 0 aliphatic carbocycles. The summed E-state index contributed by atoms with van der Waals surface area (Å²) < 4.78 is 10.7. The molecular formula is C15H22ClN3O2. The van der Waals surface area contributed by atoms with Crippen LogP contribution >= 0.6 is 11.6 Å². The van der Waals surface area contributed by atoms with E-state index < -0.39 is 0 Å². The van der Waals surface area contributed by atoms with E-state index in [2.05, 4.69) is 9.89 Å². The van der Waals surface area contributed by atoms with Gasteiger partial charge < -0.3 is 15.2 Å². The Hall–Kier alpha value is -1.30. The Morgan fingerprint density at radius 3 is 2.71 bits per heavy atom. The summed E-state index contributed by atoms with van der Waals surface area (Å²) in [6, 6.07) is 7.78. The van der Waals surface area contributed by atoms with Gasteiger partial charge >= 0.3 is 0 Å². The molecule has 5 nitrogen and oxygen atoms in total. The van der Waals surface area contributed by atoms with Gasteiger partial charge in [0.25, 0.3) is 6.02 Å². The fourth-order valence-corrected chi connectivity index (χ4v) is 2.22. The number of morpholine rings is 1. The first-order chi connectivity index (χ1) is 10.2. The maximum absolute atomic E-state index is 5.83. The van der Waals surface area contributed by atoms with Crippen LogP contribution in [0.2, 0.25) is 5.02 Å². The van der Waals surface area contributed by atoms with E-state index in [1.807, 2.05) is 24.3 Å². The fraction of sp³-hybridized carbons (Fsp3) is 0.533. The molecular weight excluding hydrogens is 290 g/mol. The molecule has 0 unspecified atom stereocenters. The normalized spacial score (nSPS) is 16.9. The molecule has 1 heterocycles. The molecule has 0 saturated carbocycles. The van der Waals surface area contributed by atoms with Gasteiger partial charge in [0.1, 0.15) is 0 Å². The predicted molar refractivity (Wildman–Crippen MR) is 84.6 cm³/mol. The van der Waals surface area contributed by atoms with Crippen molar-refractivity contribution in [3.05, 3.63) is 34.9 Å². The van der Waals surface area contributed by atoms with E-state index in [0.717, 1.165) is 49.9 Å². The minimum atomic E-state index is 0.243. The van der Waals surface area contributed by atoms with Crippen LogP contribution in [0.5, 0.6) is 0 Å². The molecule has 116 valence electrons. The van der Waals surface area contributed by atoms with Gasteiger partial charge in [-0.15, -0.1) is 0 Å². The average molecular weight is 312 g/mol. The van der Waals surface area contributed by atoms with E-state index in [9.17, 15) is 0 Å². The SMILES string of the molecule is NC(=NCc1ccc(Cl)cc1)OCCCN1CCOCC1. The number of benzene rings is 1. The number of aliphatic imine (C=N–C) groups is 1. The number of halogens is 1. The lowest BCUT2D eigenvalue weighted by Gasteiger charge is -2.26. The van der Waals surface area contributed by atoms with Crippen molar-refractivity contribution in [1.82, 2.24) is 4.90 Å². The van der Waals surface area contributed by atoms with Gasteiger partial charge in [0.05, 0.1) is 26.4 Å². The molecule has 1 saturated heterocycles.